The Balaban J connectivity index is 2.42. The monoisotopic (exact) mass is 262 g/mol. The van der Waals surface area contributed by atoms with E-state index in [0.717, 1.165) is 16.7 Å². The molecule has 0 saturated carbocycles. The largest absolute Gasteiger partial charge is 0.493 e. The van der Waals surface area contributed by atoms with E-state index in [1.807, 2.05) is 26.0 Å². The molecule has 2 rings (SSSR count). The molecule has 0 heterocycles. The van der Waals surface area contributed by atoms with E-state index >= 15 is 0 Å². The van der Waals surface area contributed by atoms with Crippen molar-refractivity contribution in [2.75, 3.05) is 20.8 Å². The van der Waals surface area contributed by atoms with E-state index in [2.05, 4.69) is 0 Å². The van der Waals surface area contributed by atoms with Crippen LogP contribution in [0.4, 0.5) is 0 Å². The summed E-state index contributed by atoms with van der Waals surface area (Å²) >= 11 is 0. The van der Waals surface area contributed by atoms with Crippen molar-refractivity contribution in [2.45, 2.75) is 20.3 Å². The Kier molecular flexibility index (Phi) is 3.79. The van der Waals surface area contributed by atoms with Crippen LogP contribution in [0.3, 0.4) is 0 Å². The van der Waals surface area contributed by atoms with Gasteiger partial charge in [-0.25, -0.2) is 4.79 Å². The summed E-state index contributed by atoms with van der Waals surface area (Å²) < 4.78 is 15.7. The van der Waals surface area contributed by atoms with E-state index in [1.165, 1.54) is 0 Å². The lowest BCUT2D eigenvalue weighted by Gasteiger charge is -2.10. The predicted molar refractivity (Wildman–Crippen MR) is 72.5 cm³/mol. The number of hydrogen-bond acceptors (Lipinski definition) is 4. The van der Waals surface area contributed by atoms with Crippen LogP contribution in [0, 0.1) is 0 Å². The van der Waals surface area contributed by atoms with Gasteiger partial charge in [-0.15, -0.1) is 0 Å². The molecule has 0 unspecified atom stereocenters. The summed E-state index contributed by atoms with van der Waals surface area (Å²) in [5, 5.41) is 0. The predicted octanol–water partition coefficient (Wildman–Crippen LogP) is 2.60. The van der Waals surface area contributed by atoms with E-state index in [-0.39, 0.29) is 5.97 Å². The summed E-state index contributed by atoms with van der Waals surface area (Å²) in [6, 6.07) is 3.83. The number of hydrogen-bond donors (Lipinski definition) is 0. The molecule has 0 N–H and O–H groups in total. The molecule has 4 nitrogen and oxygen atoms in total. The van der Waals surface area contributed by atoms with Crippen LogP contribution in [0.15, 0.2) is 17.7 Å². The lowest BCUT2D eigenvalue weighted by atomic mass is 10.1. The SMILES string of the molecule is CCOC(=O)C1=C(C)c2cc(OC)c(OC)cc2C1. The van der Waals surface area contributed by atoms with Gasteiger partial charge in [0.05, 0.1) is 20.8 Å². The molecule has 0 radical (unpaired) electrons. The van der Waals surface area contributed by atoms with Crippen molar-refractivity contribution in [2.24, 2.45) is 0 Å². The fourth-order valence-corrected chi connectivity index (χ4v) is 2.35. The Labute approximate surface area is 113 Å². The molecular formula is C15H18O4. The van der Waals surface area contributed by atoms with Gasteiger partial charge in [0, 0.05) is 12.0 Å². The van der Waals surface area contributed by atoms with Crippen LogP contribution < -0.4 is 9.47 Å². The number of rotatable bonds is 4. The first-order valence-corrected chi connectivity index (χ1v) is 6.24. The summed E-state index contributed by atoms with van der Waals surface area (Å²) in [6.07, 6.45) is 0.584. The van der Waals surface area contributed by atoms with Gasteiger partial charge in [-0.3, -0.25) is 0 Å². The average Bonchev–Trinajstić information content (AvgIpc) is 2.74. The highest BCUT2D eigenvalue weighted by Gasteiger charge is 2.26. The fourth-order valence-electron chi connectivity index (χ4n) is 2.35. The summed E-state index contributed by atoms with van der Waals surface area (Å²) in [5.74, 6) is 1.11. The highest BCUT2D eigenvalue weighted by atomic mass is 16.5. The third-order valence-corrected chi connectivity index (χ3v) is 3.36. The highest BCUT2D eigenvalue weighted by molar-refractivity contribution is 6.00. The zero-order valence-electron chi connectivity index (χ0n) is 11.7. The van der Waals surface area contributed by atoms with Gasteiger partial charge in [-0.2, -0.15) is 0 Å². The minimum Gasteiger partial charge on any atom is -0.493 e. The molecule has 0 amide bonds. The van der Waals surface area contributed by atoms with Gasteiger partial charge in [-0.1, -0.05) is 0 Å². The number of methoxy groups -OCH3 is 2. The lowest BCUT2D eigenvalue weighted by molar-refractivity contribution is -0.138. The van der Waals surface area contributed by atoms with Crippen molar-refractivity contribution in [3.8, 4) is 11.5 Å². The molecule has 1 aromatic carbocycles. The number of ether oxygens (including phenoxy) is 3. The molecule has 4 heteroatoms. The Morgan fingerprint density at radius 1 is 1.21 bits per heavy atom. The summed E-state index contributed by atoms with van der Waals surface area (Å²) in [5.41, 5.74) is 3.76. The first-order chi connectivity index (χ1) is 9.12. The van der Waals surface area contributed by atoms with Gasteiger partial charge < -0.3 is 14.2 Å². The molecule has 19 heavy (non-hydrogen) atoms. The van der Waals surface area contributed by atoms with Gasteiger partial charge >= 0.3 is 5.97 Å². The van der Waals surface area contributed by atoms with Crippen molar-refractivity contribution < 1.29 is 19.0 Å². The van der Waals surface area contributed by atoms with Crippen LogP contribution in [-0.2, 0) is 16.0 Å². The molecule has 102 valence electrons. The molecule has 0 fully saturated rings. The smallest absolute Gasteiger partial charge is 0.334 e. The van der Waals surface area contributed by atoms with E-state index < -0.39 is 0 Å². The minimum absolute atomic E-state index is 0.242. The normalized spacial score (nSPS) is 13.3. The number of benzene rings is 1. The van der Waals surface area contributed by atoms with Crippen LogP contribution in [0.1, 0.15) is 25.0 Å². The molecule has 1 aliphatic carbocycles. The molecule has 0 aliphatic heterocycles. The summed E-state index contributed by atoms with van der Waals surface area (Å²) in [6.45, 7) is 4.13. The molecule has 1 aromatic rings. The standard InChI is InChI=1S/C15H18O4/c1-5-19-15(16)12-6-10-7-13(17-3)14(18-4)8-11(10)9(12)2/h7-8H,5-6H2,1-4H3. The maximum Gasteiger partial charge on any atom is 0.334 e. The zero-order valence-corrected chi connectivity index (χ0v) is 11.7. The van der Waals surface area contributed by atoms with Gasteiger partial charge in [0.15, 0.2) is 11.5 Å². The van der Waals surface area contributed by atoms with E-state index in [9.17, 15) is 4.79 Å². The number of fused-ring (bicyclic) bond motifs is 1. The van der Waals surface area contributed by atoms with Gasteiger partial charge in [-0.05, 0) is 42.7 Å². The summed E-state index contributed by atoms with van der Waals surface area (Å²) in [4.78, 5) is 11.9. The van der Waals surface area contributed by atoms with Crippen LogP contribution >= 0.6 is 0 Å². The molecule has 0 aromatic heterocycles. The molecule has 0 spiro atoms. The van der Waals surface area contributed by atoms with Gasteiger partial charge in [0.1, 0.15) is 0 Å². The quantitative estimate of drug-likeness (QED) is 0.782. The minimum atomic E-state index is -0.242. The second-order valence-electron chi connectivity index (χ2n) is 4.37. The van der Waals surface area contributed by atoms with Crippen molar-refractivity contribution in [3.63, 3.8) is 0 Å². The molecular weight excluding hydrogens is 244 g/mol. The number of carbonyl (C=O) groups excluding carboxylic acids is 1. The van der Waals surface area contributed by atoms with Crippen LogP contribution in [0.2, 0.25) is 0 Å². The van der Waals surface area contributed by atoms with Crippen molar-refractivity contribution in [3.05, 3.63) is 28.8 Å². The number of allylic oxidation sites excluding steroid dienone is 1. The van der Waals surface area contributed by atoms with Gasteiger partial charge in [0.2, 0.25) is 0 Å². The second kappa shape index (κ2) is 5.34. The highest BCUT2D eigenvalue weighted by Crippen LogP contribution is 2.40. The molecule has 0 bridgehead atoms. The van der Waals surface area contributed by atoms with Crippen molar-refractivity contribution in [1.29, 1.82) is 0 Å². The van der Waals surface area contributed by atoms with Crippen molar-refractivity contribution >= 4 is 11.5 Å². The third kappa shape index (κ3) is 2.30. The number of esters is 1. The van der Waals surface area contributed by atoms with E-state index in [0.29, 0.717) is 30.1 Å². The van der Waals surface area contributed by atoms with Crippen molar-refractivity contribution in [1.82, 2.24) is 0 Å². The lowest BCUT2D eigenvalue weighted by Crippen LogP contribution is -2.08. The third-order valence-electron chi connectivity index (χ3n) is 3.36. The number of carbonyl (C=O) groups is 1. The first kappa shape index (κ1) is 13.5. The fraction of sp³-hybridized carbons (Fsp3) is 0.400. The Bertz CT molecular complexity index is 543. The molecule has 1 aliphatic rings. The van der Waals surface area contributed by atoms with Crippen LogP contribution in [-0.4, -0.2) is 26.8 Å². The summed E-state index contributed by atoms with van der Waals surface area (Å²) in [7, 11) is 3.20. The Morgan fingerprint density at radius 2 is 1.84 bits per heavy atom. The maximum absolute atomic E-state index is 11.9. The van der Waals surface area contributed by atoms with Crippen LogP contribution in [0.25, 0.3) is 5.57 Å². The Morgan fingerprint density at radius 3 is 2.42 bits per heavy atom. The first-order valence-electron chi connectivity index (χ1n) is 6.24. The average molecular weight is 262 g/mol. The van der Waals surface area contributed by atoms with Gasteiger partial charge in [0.25, 0.3) is 0 Å². The van der Waals surface area contributed by atoms with E-state index in [4.69, 9.17) is 14.2 Å². The topological polar surface area (TPSA) is 44.8 Å². The maximum atomic E-state index is 11.9. The molecule has 0 saturated heterocycles. The Hall–Kier alpha value is -1.97. The van der Waals surface area contributed by atoms with Crippen LogP contribution in [0.5, 0.6) is 11.5 Å². The zero-order chi connectivity index (χ0) is 14.0. The molecule has 0 atom stereocenters. The van der Waals surface area contributed by atoms with E-state index in [1.54, 1.807) is 14.2 Å². The second-order valence-corrected chi connectivity index (χ2v) is 4.37.